The molecule has 2 unspecified atom stereocenters. The number of hydrogen-bond donors (Lipinski definition) is 2. The minimum atomic E-state index is -4.39. The monoisotopic (exact) mass is 248 g/mol. The second kappa shape index (κ2) is 4.06. The lowest BCUT2D eigenvalue weighted by atomic mass is 9.91. The number of carboxylic acid groups (broad SMARTS) is 1. The highest BCUT2D eigenvalue weighted by Crippen LogP contribution is 2.39. The molecule has 1 aliphatic carbocycles. The summed E-state index contributed by atoms with van der Waals surface area (Å²) in [6.07, 6.45) is 0.692. The maximum atomic E-state index is 12.8. The highest BCUT2D eigenvalue weighted by molar-refractivity contribution is 5.69. The van der Waals surface area contributed by atoms with Crippen molar-refractivity contribution in [3.8, 4) is 0 Å². The highest BCUT2D eigenvalue weighted by atomic mass is 19.4. The molecule has 0 radical (unpaired) electrons. The van der Waals surface area contributed by atoms with Gasteiger partial charge in [-0.1, -0.05) is 12.2 Å². The van der Waals surface area contributed by atoms with Crippen LogP contribution in [0, 0.1) is 5.92 Å². The molecule has 2 rings (SSSR count). The predicted molar refractivity (Wildman–Crippen MR) is 52.7 cm³/mol. The number of halogens is 3. The van der Waals surface area contributed by atoms with Crippen molar-refractivity contribution in [2.24, 2.45) is 5.92 Å². The summed E-state index contributed by atoms with van der Waals surface area (Å²) < 4.78 is 38.3. The maximum Gasteiger partial charge on any atom is 0.406 e. The van der Waals surface area contributed by atoms with Crippen molar-refractivity contribution in [2.75, 3.05) is 6.54 Å². The zero-order valence-electron chi connectivity index (χ0n) is 8.74. The first-order valence-corrected chi connectivity index (χ1v) is 5.08. The quantitative estimate of drug-likeness (QED) is 0.773. The highest BCUT2D eigenvalue weighted by Gasteiger charge is 2.51. The molecule has 1 aliphatic heterocycles. The third-order valence-corrected chi connectivity index (χ3v) is 2.83. The van der Waals surface area contributed by atoms with Gasteiger partial charge in [0.25, 0.3) is 0 Å². The number of fused-ring (bicyclic) bond motifs is 1. The van der Waals surface area contributed by atoms with Crippen molar-refractivity contribution < 1.29 is 23.1 Å². The molecule has 1 fully saturated rings. The van der Waals surface area contributed by atoms with Crippen LogP contribution in [0.25, 0.3) is 0 Å². The summed E-state index contributed by atoms with van der Waals surface area (Å²) >= 11 is 0. The second-order valence-corrected chi connectivity index (χ2v) is 3.99. The van der Waals surface area contributed by atoms with E-state index in [1.807, 2.05) is 0 Å². The van der Waals surface area contributed by atoms with Crippen LogP contribution in [-0.2, 0) is 4.79 Å². The maximum absolute atomic E-state index is 12.8. The first kappa shape index (κ1) is 12.0. The first-order valence-electron chi connectivity index (χ1n) is 5.08. The number of nitrogens with zero attached hydrogens (tertiary/aromatic N) is 1. The second-order valence-electron chi connectivity index (χ2n) is 3.99. The number of carbonyl (C=O) groups is 1. The smallest absolute Gasteiger partial charge is 0.406 e. The van der Waals surface area contributed by atoms with E-state index in [2.05, 4.69) is 5.43 Å². The molecule has 0 amide bonds. The van der Waals surface area contributed by atoms with Gasteiger partial charge in [0.2, 0.25) is 0 Å². The minimum Gasteiger partial charge on any atom is -0.480 e. The molecule has 7 heteroatoms. The average Bonchev–Trinajstić information content (AvgIpc) is 2.56. The van der Waals surface area contributed by atoms with Crippen LogP contribution in [0.3, 0.4) is 0 Å². The minimum absolute atomic E-state index is 0.263. The third kappa shape index (κ3) is 2.28. The van der Waals surface area contributed by atoms with Crippen molar-refractivity contribution in [2.45, 2.75) is 18.6 Å². The standard InChI is InChI=1S/C10H11F3N2O2/c11-10(12,13)9-6-3-1-2-4-7(6)15(14-9)5-8(16)17/h1-2,4,6,9,14H,3,5H2,(H,16,17). The zero-order valence-corrected chi connectivity index (χ0v) is 8.74. The molecule has 1 heterocycles. The van der Waals surface area contributed by atoms with Gasteiger partial charge < -0.3 is 10.1 Å². The topological polar surface area (TPSA) is 52.6 Å². The van der Waals surface area contributed by atoms with Gasteiger partial charge in [-0.25, -0.2) is 5.43 Å². The van der Waals surface area contributed by atoms with E-state index in [0.717, 1.165) is 5.01 Å². The van der Waals surface area contributed by atoms with Crippen LogP contribution in [-0.4, -0.2) is 34.8 Å². The lowest BCUT2D eigenvalue weighted by Crippen LogP contribution is -2.46. The molecule has 94 valence electrons. The number of hydrogen-bond acceptors (Lipinski definition) is 3. The number of alkyl halides is 3. The molecule has 1 saturated heterocycles. The number of allylic oxidation sites excluding steroid dienone is 3. The predicted octanol–water partition coefficient (Wildman–Crippen LogP) is 1.28. The summed E-state index contributed by atoms with van der Waals surface area (Å²) in [6, 6.07) is -1.71. The van der Waals surface area contributed by atoms with Gasteiger partial charge in [-0.05, 0) is 12.5 Å². The van der Waals surface area contributed by atoms with Crippen molar-refractivity contribution >= 4 is 5.97 Å². The molecular weight excluding hydrogens is 237 g/mol. The largest absolute Gasteiger partial charge is 0.480 e. The van der Waals surface area contributed by atoms with Crippen LogP contribution in [0.2, 0.25) is 0 Å². The SMILES string of the molecule is O=C(O)CN1NC(C(F)(F)F)C2CC=CC=C21. The van der Waals surface area contributed by atoms with E-state index in [9.17, 15) is 18.0 Å². The van der Waals surface area contributed by atoms with Gasteiger partial charge >= 0.3 is 12.1 Å². The van der Waals surface area contributed by atoms with E-state index in [4.69, 9.17) is 5.11 Å². The Balaban J connectivity index is 2.24. The van der Waals surface area contributed by atoms with Crippen molar-refractivity contribution in [3.05, 3.63) is 23.9 Å². The fourth-order valence-electron chi connectivity index (χ4n) is 2.14. The van der Waals surface area contributed by atoms with E-state index in [-0.39, 0.29) is 6.42 Å². The Hall–Kier alpha value is -1.50. The Morgan fingerprint density at radius 2 is 2.29 bits per heavy atom. The molecule has 0 bridgehead atoms. The van der Waals surface area contributed by atoms with Crippen molar-refractivity contribution in [3.63, 3.8) is 0 Å². The number of hydrazine groups is 1. The van der Waals surface area contributed by atoms with E-state index in [1.165, 1.54) is 6.08 Å². The van der Waals surface area contributed by atoms with Gasteiger partial charge in [-0.3, -0.25) is 4.79 Å². The van der Waals surface area contributed by atoms with E-state index in [1.54, 1.807) is 12.2 Å². The summed E-state index contributed by atoms with van der Waals surface area (Å²) in [5.41, 5.74) is 2.61. The van der Waals surface area contributed by atoms with E-state index >= 15 is 0 Å². The molecule has 2 aliphatic rings. The molecule has 0 aromatic carbocycles. The van der Waals surface area contributed by atoms with E-state index in [0.29, 0.717) is 5.70 Å². The first-order chi connectivity index (χ1) is 7.89. The fourth-order valence-corrected chi connectivity index (χ4v) is 2.14. The summed E-state index contributed by atoms with van der Waals surface area (Å²) in [5.74, 6) is -1.91. The van der Waals surface area contributed by atoms with Gasteiger partial charge in [0.15, 0.2) is 0 Å². The van der Waals surface area contributed by atoms with Crippen LogP contribution >= 0.6 is 0 Å². The third-order valence-electron chi connectivity index (χ3n) is 2.83. The Labute approximate surface area is 95.4 Å². The average molecular weight is 248 g/mol. The number of rotatable bonds is 2. The van der Waals surface area contributed by atoms with Crippen molar-refractivity contribution in [1.82, 2.24) is 10.4 Å². The molecule has 2 atom stereocenters. The summed E-state index contributed by atoms with van der Waals surface area (Å²) in [5, 5.41) is 9.71. The number of carboxylic acids is 1. The van der Waals surface area contributed by atoms with Gasteiger partial charge in [0.1, 0.15) is 12.6 Å². The molecular formula is C10H11F3N2O2. The lowest BCUT2D eigenvalue weighted by molar-refractivity contribution is -0.165. The Kier molecular flexibility index (Phi) is 2.86. The van der Waals surface area contributed by atoms with Gasteiger partial charge in [0, 0.05) is 11.6 Å². The Morgan fingerprint density at radius 3 is 2.88 bits per heavy atom. The number of aliphatic carboxylic acids is 1. The van der Waals surface area contributed by atoms with E-state index < -0.39 is 30.7 Å². The Morgan fingerprint density at radius 1 is 1.59 bits per heavy atom. The zero-order chi connectivity index (χ0) is 12.6. The molecule has 0 aromatic rings. The Bertz CT molecular complexity index is 390. The summed E-state index contributed by atoms with van der Waals surface area (Å²) in [4.78, 5) is 10.6. The molecule has 0 saturated carbocycles. The van der Waals surface area contributed by atoms with Crippen LogP contribution in [0.4, 0.5) is 13.2 Å². The molecule has 2 N–H and O–H groups in total. The van der Waals surface area contributed by atoms with Gasteiger partial charge in [-0.2, -0.15) is 13.2 Å². The van der Waals surface area contributed by atoms with Crippen LogP contribution < -0.4 is 5.43 Å². The molecule has 0 aromatic heterocycles. The molecule has 17 heavy (non-hydrogen) atoms. The van der Waals surface area contributed by atoms with Crippen molar-refractivity contribution in [1.29, 1.82) is 0 Å². The van der Waals surface area contributed by atoms with Gasteiger partial charge in [-0.15, -0.1) is 0 Å². The van der Waals surface area contributed by atoms with Gasteiger partial charge in [0.05, 0.1) is 0 Å². The number of nitrogens with one attached hydrogen (secondary N) is 1. The lowest BCUT2D eigenvalue weighted by Gasteiger charge is -2.20. The fraction of sp³-hybridized carbons (Fsp3) is 0.500. The molecule has 0 spiro atoms. The molecule has 4 nitrogen and oxygen atoms in total. The van der Waals surface area contributed by atoms with Crippen LogP contribution in [0.5, 0.6) is 0 Å². The summed E-state index contributed by atoms with van der Waals surface area (Å²) in [6.45, 7) is -0.483. The van der Waals surface area contributed by atoms with Crippen LogP contribution in [0.15, 0.2) is 23.9 Å². The normalized spacial score (nSPS) is 27.9. The summed E-state index contributed by atoms with van der Waals surface area (Å²) in [7, 11) is 0. The van der Waals surface area contributed by atoms with Crippen LogP contribution in [0.1, 0.15) is 6.42 Å².